The second kappa shape index (κ2) is 8.49. The highest BCUT2D eigenvalue weighted by Crippen LogP contribution is 2.20. The van der Waals surface area contributed by atoms with E-state index in [1.807, 2.05) is 19.1 Å². The summed E-state index contributed by atoms with van der Waals surface area (Å²) in [7, 11) is 0. The van der Waals surface area contributed by atoms with Crippen LogP contribution in [-0.4, -0.2) is 32.5 Å². The molecule has 1 N–H and O–H groups in total. The van der Waals surface area contributed by atoms with E-state index >= 15 is 0 Å². The monoisotopic (exact) mass is 309 g/mol. The van der Waals surface area contributed by atoms with E-state index < -0.39 is 12.8 Å². The van der Waals surface area contributed by atoms with Gasteiger partial charge in [-0.25, -0.2) is 0 Å². The van der Waals surface area contributed by atoms with Gasteiger partial charge in [0.1, 0.15) is 6.61 Å². The highest BCUT2D eigenvalue weighted by atomic mass is 35.5. The van der Waals surface area contributed by atoms with E-state index in [9.17, 15) is 13.2 Å². The van der Waals surface area contributed by atoms with Gasteiger partial charge in [-0.1, -0.05) is 30.7 Å². The van der Waals surface area contributed by atoms with Crippen LogP contribution < -0.4 is 5.32 Å². The number of nitrogens with one attached hydrogen (secondary N) is 1. The second-order valence-corrected chi connectivity index (χ2v) is 5.02. The Hall–Kier alpha value is -0.780. The van der Waals surface area contributed by atoms with Crippen LogP contribution in [-0.2, 0) is 4.74 Å². The predicted molar refractivity (Wildman–Crippen MR) is 74.2 cm³/mol. The minimum absolute atomic E-state index is 0.0257. The van der Waals surface area contributed by atoms with Gasteiger partial charge in [0.25, 0.3) is 0 Å². The zero-order valence-electron chi connectivity index (χ0n) is 11.3. The lowest BCUT2D eigenvalue weighted by Crippen LogP contribution is -2.27. The fourth-order valence-electron chi connectivity index (χ4n) is 1.78. The minimum Gasteiger partial charge on any atom is -0.371 e. The Morgan fingerprint density at radius 2 is 1.90 bits per heavy atom. The first-order valence-corrected chi connectivity index (χ1v) is 6.91. The van der Waals surface area contributed by atoms with E-state index in [2.05, 4.69) is 5.32 Å². The van der Waals surface area contributed by atoms with Gasteiger partial charge < -0.3 is 10.1 Å². The van der Waals surface area contributed by atoms with Crippen LogP contribution in [0.3, 0.4) is 0 Å². The molecule has 0 amide bonds. The molecule has 1 aromatic carbocycles. The zero-order chi connectivity index (χ0) is 15.0. The molecule has 0 fully saturated rings. The van der Waals surface area contributed by atoms with E-state index in [0.29, 0.717) is 11.6 Å². The van der Waals surface area contributed by atoms with Crippen LogP contribution >= 0.6 is 11.6 Å². The molecular formula is C14H19ClF3NO. The normalized spacial score (nSPS) is 13.4. The van der Waals surface area contributed by atoms with Crippen LogP contribution in [0.5, 0.6) is 0 Å². The summed E-state index contributed by atoms with van der Waals surface area (Å²) in [6, 6.07) is 7.09. The number of benzene rings is 1. The van der Waals surface area contributed by atoms with Crippen molar-refractivity contribution in [2.75, 3.05) is 26.3 Å². The lowest BCUT2D eigenvalue weighted by Gasteiger charge is -2.19. The number of halogens is 4. The molecule has 0 radical (unpaired) electrons. The molecule has 114 valence electrons. The lowest BCUT2D eigenvalue weighted by molar-refractivity contribution is -0.174. The summed E-state index contributed by atoms with van der Waals surface area (Å²) in [4.78, 5) is 0. The van der Waals surface area contributed by atoms with Crippen molar-refractivity contribution >= 4 is 11.6 Å². The molecular weight excluding hydrogens is 291 g/mol. The number of hydrogen-bond donors (Lipinski definition) is 1. The Labute approximate surface area is 122 Å². The van der Waals surface area contributed by atoms with Crippen LogP contribution in [0.15, 0.2) is 24.3 Å². The summed E-state index contributed by atoms with van der Waals surface area (Å²) in [5, 5.41) is 3.80. The molecule has 6 heteroatoms. The van der Waals surface area contributed by atoms with E-state index in [-0.39, 0.29) is 12.5 Å². The Bertz CT molecular complexity index is 381. The summed E-state index contributed by atoms with van der Waals surface area (Å²) in [5.74, 6) is -0.124. The predicted octanol–water partition coefficient (Wildman–Crippen LogP) is 4.00. The van der Waals surface area contributed by atoms with Crippen molar-refractivity contribution < 1.29 is 17.9 Å². The molecule has 1 aromatic rings. The first kappa shape index (κ1) is 17.3. The van der Waals surface area contributed by atoms with Gasteiger partial charge in [0.2, 0.25) is 0 Å². The Morgan fingerprint density at radius 3 is 2.45 bits per heavy atom. The molecule has 0 aliphatic heterocycles. The quantitative estimate of drug-likeness (QED) is 0.733. The fourth-order valence-corrected chi connectivity index (χ4v) is 1.90. The van der Waals surface area contributed by atoms with Crippen LogP contribution in [0.1, 0.15) is 24.8 Å². The topological polar surface area (TPSA) is 21.3 Å². The molecule has 20 heavy (non-hydrogen) atoms. The van der Waals surface area contributed by atoms with Gasteiger partial charge >= 0.3 is 6.18 Å². The first-order chi connectivity index (χ1) is 9.42. The molecule has 0 aliphatic carbocycles. The van der Waals surface area contributed by atoms with Crippen molar-refractivity contribution in [3.63, 3.8) is 0 Å². The number of ether oxygens (including phenoxy) is 1. The molecule has 1 rings (SSSR count). The van der Waals surface area contributed by atoms with Gasteiger partial charge in [-0.3, -0.25) is 0 Å². The Balaban J connectivity index is 2.57. The standard InChI is InChI=1S/C14H19ClF3NO/c1-2-7-19-8-12(9-20-10-14(16,17)18)11-3-5-13(15)6-4-11/h3-6,12,19H,2,7-10H2,1H3. The van der Waals surface area contributed by atoms with Crippen molar-refractivity contribution in [1.29, 1.82) is 0 Å². The second-order valence-electron chi connectivity index (χ2n) is 4.58. The van der Waals surface area contributed by atoms with Gasteiger partial charge in [0, 0.05) is 17.5 Å². The Morgan fingerprint density at radius 1 is 1.25 bits per heavy atom. The molecule has 0 bridgehead atoms. The van der Waals surface area contributed by atoms with E-state index in [0.717, 1.165) is 18.5 Å². The SMILES string of the molecule is CCCNCC(COCC(F)(F)F)c1ccc(Cl)cc1. The maximum atomic E-state index is 12.1. The molecule has 0 spiro atoms. The van der Waals surface area contributed by atoms with Crippen molar-refractivity contribution in [2.45, 2.75) is 25.4 Å². The summed E-state index contributed by atoms with van der Waals surface area (Å²) in [6.45, 7) is 2.24. The first-order valence-electron chi connectivity index (χ1n) is 6.53. The van der Waals surface area contributed by atoms with Crippen molar-refractivity contribution in [3.05, 3.63) is 34.9 Å². The maximum absolute atomic E-state index is 12.1. The summed E-state index contributed by atoms with van der Waals surface area (Å²) < 4.78 is 41.1. The van der Waals surface area contributed by atoms with Crippen LogP contribution in [0.2, 0.25) is 5.02 Å². The number of rotatable bonds is 8. The lowest BCUT2D eigenvalue weighted by atomic mass is 10.00. The van der Waals surface area contributed by atoms with E-state index in [1.54, 1.807) is 12.1 Å². The summed E-state index contributed by atoms with van der Waals surface area (Å²) in [6.07, 6.45) is -3.32. The van der Waals surface area contributed by atoms with Gasteiger partial charge in [-0.05, 0) is 30.7 Å². The molecule has 2 nitrogen and oxygen atoms in total. The molecule has 1 unspecified atom stereocenters. The highest BCUT2D eigenvalue weighted by Gasteiger charge is 2.28. The maximum Gasteiger partial charge on any atom is 0.411 e. The molecule has 0 aromatic heterocycles. The van der Waals surface area contributed by atoms with Gasteiger partial charge in [0.15, 0.2) is 0 Å². The van der Waals surface area contributed by atoms with Crippen molar-refractivity contribution in [1.82, 2.24) is 5.32 Å². The highest BCUT2D eigenvalue weighted by molar-refractivity contribution is 6.30. The van der Waals surface area contributed by atoms with Gasteiger partial charge in [-0.15, -0.1) is 0 Å². The van der Waals surface area contributed by atoms with Gasteiger partial charge in [-0.2, -0.15) is 13.2 Å². The largest absolute Gasteiger partial charge is 0.411 e. The molecule has 0 saturated heterocycles. The molecule has 1 atom stereocenters. The van der Waals surface area contributed by atoms with Crippen LogP contribution in [0.4, 0.5) is 13.2 Å². The average Bonchev–Trinajstić information content (AvgIpc) is 2.37. The molecule has 0 saturated carbocycles. The Kier molecular flexibility index (Phi) is 7.34. The minimum atomic E-state index is -4.29. The van der Waals surface area contributed by atoms with E-state index in [1.165, 1.54) is 0 Å². The average molecular weight is 310 g/mol. The molecule has 0 heterocycles. The number of hydrogen-bond acceptors (Lipinski definition) is 2. The van der Waals surface area contributed by atoms with Crippen LogP contribution in [0.25, 0.3) is 0 Å². The third-order valence-corrected chi connectivity index (χ3v) is 3.00. The fraction of sp³-hybridized carbons (Fsp3) is 0.571. The number of alkyl halides is 3. The molecule has 0 aliphatic rings. The zero-order valence-corrected chi connectivity index (χ0v) is 12.1. The van der Waals surface area contributed by atoms with Crippen molar-refractivity contribution in [3.8, 4) is 0 Å². The summed E-state index contributed by atoms with van der Waals surface area (Å²) in [5.41, 5.74) is 0.917. The smallest absolute Gasteiger partial charge is 0.371 e. The van der Waals surface area contributed by atoms with E-state index in [4.69, 9.17) is 16.3 Å². The van der Waals surface area contributed by atoms with Crippen LogP contribution in [0, 0.1) is 0 Å². The third kappa shape index (κ3) is 7.12. The third-order valence-electron chi connectivity index (χ3n) is 2.74. The van der Waals surface area contributed by atoms with Gasteiger partial charge in [0.05, 0.1) is 6.61 Å². The summed E-state index contributed by atoms with van der Waals surface area (Å²) >= 11 is 5.81. The van der Waals surface area contributed by atoms with Crippen molar-refractivity contribution in [2.24, 2.45) is 0 Å².